The molecule has 0 saturated carbocycles. The smallest absolute Gasteiger partial charge is 0.236 e. The molecule has 1 atom stereocenters. The minimum Gasteiger partial charge on any atom is -0.342 e. The standard InChI is InChI=1S/C13H27N3O/c1-11(2)15(3)13(17)10-16-8-4-5-12(9-16)6-7-14/h11-12H,4-10,14H2,1-3H3. The van der Waals surface area contributed by atoms with E-state index in [9.17, 15) is 4.79 Å². The van der Waals surface area contributed by atoms with Gasteiger partial charge in [-0.3, -0.25) is 9.69 Å². The molecule has 1 rings (SSSR count). The summed E-state index contributed by atoms with van der Waals surface area (Å²) in [5.74, 6) is 0.916. The molecule has 0 aliphatic carbocycles. The van der Waals surface area contributed by atoms with Crippen molar-refractivity contribution in [2.24, 2.45) is 11.7 Å². The van der Waals surface area contributed by atoms with E-state index in [0.29, 0.717) is 12.5 Å². The van der Waals surface area contributed by atoms with Gasteiger partial charge in [-0.1, -0.05) is 0 Å². The highest BCUT2D eigenvalue weighted by Gasteiger charge is 2.22. The summed E-state index contributed by atoms with van der Waals surface area (Å²) in [6.45, 7) is 7.51. The van der Waals surface area contributed by atoms with Crippen molar-refractivity contribution >= 4 is 5.91 Å². The summed E-state index contributed by atoms with van der Waals surface area (Å²) in [7, 11) is 1.88. The first-order valence-corrected chi connectivity index (χ1v) is 6.72. The molecule has 1 saturated heterocycles. The highest BCUT2D eigenvalue weighted by Crippen LogP contribution is 2.18. The van der Waals surface area contributed by atoms with Crippen LogP contribution in [0.4, 0.5) is 0 Å². The molecule has 100 valence electrons. The molecule has 1 heterocycles. The van der Waals surface area contributed by atoms with E-state index in [2.05, 4.69) is 4.90 Å². The van der Waals surface area contributed by atoms with Gasteiger partial charge in [-0.25, -0.2) is 0 Å². The molecule has 1 aliphatic rings. The molecule has 0 aromatic rings. The van der Waals surface area contributed by atoms with Crippen molar-refractivity contribution in [3.05, 3.63) is 0 Å². The molecule has 4 nitrogen and oxygen atoms in total. The molecule has 0 aromatic heterocycles. The van der Waals surface area contributed by atoms with Gasteiger partial charge in [-0.05, 0) is 52.1 Å². The van der Waals surface area contributed by atoms with Crippen molar-refractivity contribution in [3.63, 3.8) is 0 Å². The summed E-state index contributed by atoms with van der Waals surface area (Å²) in [5.41, 5.74) is 5.60. The van der Waals surface area contributed by atoms with Gasteiger partial charge in [0.15, 0.2) is 0 Å². The minimum absolute atomic E-state index is 0.230. The number of likely N-dealkylation sites (N-methyl/N-ethyl adjacent to an activating group) is 1. The van der Waals surface area contributed by atoms with Crippen LogP contribution in [0.3, 0.4) is 0 Å². The van der Waals surface area contributed by atoms with E-state index < -0.39 is 0 Å². The van der Waals surface area contributed by atoms with Crippen LogP contribution in [0, 0.1) is 5.92 Å². The Morgan fingerprint density at radius 3 is 2.82 bits per heavy atom. The van der Waals surface area contributed by atoms with Crippen molar-refractivity contribution in [1.82, 2.24) is 9.80 Å². The second-order valence-corrected chi connectivity index (χ2v) is 5.42. The van der Waals surface area contributed by atoms with Crippen molar-refractivity contribution in [2.75, 3.05) is 33.2 Å². The maximum absolute atomic E-state index is 12.0. The number of hydrogen-bond donors (Lipinski definition) is 1. The van der Waals surface area contributed by atoms with Crippen LogP contribution in [0.1, 0.15) is 33.1 Å². The van der Waals surface area contributed by atoms with Crippen LogP contribution in [-0.2, 0) is 4.79 Å². The van der Waals surface area contributed by atoms with Gasteiger partial charge in [-0.2, -0.15) is 0 Å². The summed E-state index contributed by atoms with van der Waals surface area (Å²) in [4.78, 5) is 16.1. The van der Waals surface area contributed by atoms with Crippen LogP contribution in [0.5, 0.6) is 0 Å². The van der Waals surface area contributed by atoms with E-state index >= 15 is 0 Å². The number of carbonyl (C=O) groups excluding carboxylic acids is 1. The monoisotopic (exact) mass is 241 g/mol. The molecule has 0 bridgehead atoms. The highest BCUT2D eigenvalue weighted by molar-refractivity contribution is 5.78. The number of carbonyl (C=O) groups is 1. The maximum atomic E-state index is 12.0. The van der Waals surface area contributed by atoms with Gasteiger partial charge < -0.3 is 10.6 Å². The topological polar surface area (TPSA) is 49.6 Å². The summed E-state index contributed by atoms with van der Waals surface area (Å²) in [6.07, 6.45) is 3.55. The average molecular weight is 241 g/mol. The fourth-order valence-corrected chi connectivity index (χ4v) is 2.36. The van der Waals surface area contributed by atoms with Crippen LogP contribution < -0.4 is 5.73 Å². The zero-order valence-corrected chi connectivity index (χ0v) is 11.5. The molecular weight excluding hydrogens is 214 g/mol. The van der Waals surface area contributed by atoms with E-state index in [1.54, 1.807) is 0 Å². The third-order valence-corrected chi connectivity index (χ3v) is 3.70. The predicted octanol–water partition coefficient (Wildman–Crippen LogP) is 0.914. The highest BCUT2D eigenvalue weighted by atomic mass is 16.2. The quantitative estimate of drug-likeness (QED) is 0.778. The second-order valence-electron chi connectivity index (χ2n) is 5.42. The van der Waals surface area contributed by atoms with Crippen molar-refractivity contribution in [3.8, 4) is 0 Å². The summed E-state index contributed by atoms with van der Waals surface area (Å²) >= 11 is 0. The summed E-state index contributed by atoms with van der Waals surface area (Å²) in [6, 6.07) is 0.284. The summed E-state index contributed by atoms with van der Waals surface area (Å²) < 4.78 is 0. The van der Waals surface area contributed by atoms with E-state index in [-0.39, 0.29) is 11.9 Å². The van der Waals surface area contributed by atoms with Crippen LogP contribution in [-0.4, -0.2) is 55.0 Å². The number of hydrogen-bond acceptors (Lipinski definition) is 3. The van der Waals surface area contributed by atoms with Crippen LogP contribution in [0.15, 0.2) is 0 Å². The first-order valence-electron chi connectivity index (χ1n) is 6.72. The van der Waals surface area contributed by atoms with E-state index in [1.807, 2.05) is 25.8 Å². The molecule has 1 fully saturated rings. The number of piperidine rings is 1. The maximum Gasteiger partial charge on any atom is 0.236 e. The number of amides is 1. The van der Waals surface area contributed by atoms with Gasteiger partial charge in [0, 0.05) is 19.6 Å². The molecule has 0 aromatic carbocycles. The van der Waals surface area contributed by atoms with Gasteiger partial charge in [0.25, 0.3) is 0 Å². The van der Waals surface area contributed by atoms with Crippen molar-refractivity contribution in [2.45, 2.75) is 39.2 Å². The second kappa shape index (κ2) is 6.97. The fraction of sp³-hybridized carbons (Fsp3) is 0.923. The van der Waals surface area contributed by atoms with Gasteiger partial charge in [-0.15, -0.1) is 0 Å². The van der Waals surface area contributed by atoms with Crippen LogP contribution in [0.25, 0.3) is 0 Å². The molecule has 1 unspecified atom stereocenters. The molecule has 1 amide bonds. The number of nitrogens with zero attached hydrogens (tertiary/aromatic N) is 2. The van der Waals surface area contributed by atoms with Crippen LogP contribution in [0.2, 0.25) is 0 Å². The Labute approximate surface area is 105 Å². The van der Waals surface area contributed by atoms with Crippen molar-refractivity contribution < 1.29 is 4.79 Å². The average Bonchev–Trinajstić information content (AvgIpc) is 2.28. The Bertz CT molecular complexity index is 241. The van der Waals surface area contributed by atoms with Crippen molar-refractivity contribution in [1.29, 1.82) is 0 Å². The molecule has 2 N–H and O–H groups in total. The first kappa shape index (κ1) is 14.5. The minimum atomic E-state index is 0.230. The molecular formula is C13H27N3O. The van der Waals surface area contributed by atoms with Crippen LogP contribution >= 0.6 is 0 Å². The lowest BCUT2D eigenvalue weighted by Gasteiger charge is -2.33. The zero-order chi connectivity index (χ0) is 12.8. The normalized spacial score (nSPS) is 21.8. The van der Waals surface area contributed by atoms with Gasteiger partial charge in [0.2, 0.25) is 5.91 Å². The fourth-order valence-electron chi connectivity index (χ4n) is 2.36. The number of nitrogens with two attached hydrogens (primary N) is 1. The van der Waals surface area contributed by atoms with E-state index in [4.69, 9.17) is 5.73 Å². The molecule has 4 heteroatoms. The lowest BCUT2D eigenvalue weighted by Crippen LogP contribution is -2.45. The third-order valence-electron chi connectivity index (χ3n) is 3.70. The molecule has 1 aliphatic heterocycles. The lowest BCUT2D eigenvalue weighted by atomic mass is 9.95. The Morgan fingerprint density at radius 1 is 1.53 bits per heavy atom. The first-order chi connectivity index (χ1) is 8.04. The number of rotatable bonds is 5. The Morgan fingerprint density at radius 2 is 2.24 bits per heavy atom. The Hall–Kier alpha value is -0.610. The SMILES string of the molecule is CC(C)N(C)C(=O)CN1CCCC(CCN)C1. The van der Waals surface area contributed by atoms with E-state index in [1.165, 1.54) is 12.8 Å². The van der Waals surface area contributed by atoms with E-state index in [0.717, 1.165) is 26.1 Å². The van der Waals surface area contributed by atoms with Gasteiger partial charge >= 0.3 is 0 Å². The molecule has 0 spiro atoms. The van der Waals surface area contributed by atoms with Gasteiger partial charge in [0.1, 0.15) is 0 Å². The Kier molecular flexibility index (Phi) is 5.92. The molecule has 17 heavy (non-hydrogen) atoms. The lowest BCUT2D eigenvalue weighted by molar-refractivity contribution is -0.133. The zero-order valence-electron chi connectivity index (χ0n) is 11.5. The Balaban J connectivity index is 2.38. The number of likely N-dealkylation sites (tertiary alicyclic amines) is 1. The largest absolute Gasteiger partial charge is 0.342 e. The molecule has 0 radical (unpaired) electrons. The van der Waals surface area contributed by atoms with Gasteiger partial charge in [0.05, 0.1) is 6.54 Å². The third kappa shape index (κ3) is 4.64. The summed E-state index contributed by atoms with van der Waals surface area (Å²) in [5, 5.41) is 0. The predicted molar refractivity (Wildman–Crippen MR) is 70.7 cm³/mol.